The Morgan fingerprint density at radius 3 is 2.35 bits per heavy atom. The van der Waals surface area contributed by atoms with E-state index in [0.717, 1.165) is 4.47 Å². The van der Waals surface area contributed by atoms with Crippen LogP contribution in [0.25, 0.3) is 0 Å². The summed E-state index contributed by atoms with van der Waals surface area (Å²) in [6.45, 7) is 6.38. The summed E-state index contributed by atoms with van der Waals surface area (Å²) >= 11 is 3.50. The van der Waals surface area contributed by atoms with Gasteiger partial charge < -0.3 is 5.43 Å². The molecule has 0 radical (unpaired) electrons. The molecule has 2 nitrogen and oxygen atoms in total. The lowest BCUT2D eigenvalue weighted by molar-refractivity contribution is 0.699. The van der Waals surface area contributed by atoms with Gasteiger partial charge in [0.25, 0.3) is 0 Å². The van der Waals surface area contributed by atoms with Gasteiger partial charge in [0.05, 0.1) is 6.04 Å². The molecule has 0 amide bonds. The number of nitrogens with zero attached hydrogens (tertiary/aromatic N) is 1. The number of hydrogen-bond donors (Lipinski definition) is 1. The zero-order valence-corrected chi connectivity index (χ0v) is 12.0. The summed E-state index contributed by atoms with van der Waals surface area (Å²) in [7, 11) is 0. The number of halogens is 1. The molecule has 2 aromatic rings. The molecule has 1 unspecified atom stereocenters. The van der Waals surface area contributed by atoms with Crippen molar-refractivity contribution in [3.63, 3.8) is 0 Å². The summed E-state index contributed by atoms with van der Waals surface area (Å²) in [5.41, 5.74) is 7.22. The van der Waals surface area contributed by atoms with Gasteiger partial charge in [0.1, 0.15) is 0 Å². The van der Waals surface area contributed by atoms with E-state index in [0.29, 0.717) is 0 Å². The van der Waals surface area contributed by atoms with Crippen molar-refractivity contribution >= 4 is 15.9 Å². The number of hydrogen-bond acceptors (Lipinski definition) is 1. The molecule has 1 heterocycles. The minimum atomic E-state index is 0.275. The summed E-state index contributed by atoms with van der Waals surface area (Å²) in [6.07, 6.45) is 0. The fourth-order valence-corrected chi connectivity index (χ4v) is 2.33. The molecule has 0 saturated heterocycles. The van der Waals surface area contributed by atoms with Crippen LogP contribution in [-0.2, 0) is 0 Å². The standard InChI is InChI=1S/C14H17BrN2/c1-10-7-8-11(2)17(10)16-12(3)13-5-4-6-14(15)9-13/h4-9,12,16H,1-3H3. The van der Waals surface area contributed by atoms with Gasteiger partial charge in [-0.3, -0.25) is 4.68 Å². The maximum absolute atomic E-state index is 3.50. The van der Waals surface area contributed by atoms with E-state index in [1.54, 1.807) is 0 Å². The van der Waals surface area contributed by atoms with Crippen molar-refractivity contribution in [1.29, 1.82) is 0 Å². The van der Waals surface area contributed by atoms with Crippen LogP contribution < -0.4 is 5.43 Å². The fourth-order valence-electron chi connectivity index (χ4n) is 1.92. The summed E-state index contributed by atoms with van der Waals surface area (Å²) in [5, 5.41) is 0. The summed E-state index contributed by atoms with van der Waals surface area (Å²) in [6, 6.07) is 12.9. The molecule has 0 aliphatic carbocycles. The molecule has 0 bridgehead atoms. The third-order valence-electron chi connectivity index (χ3n) is 2.94. The minimum absolute atomic E-state index is 0.275. The maximum atomic E-state index is 3.50. The first kappa shape index (κ1) is 12.2. The van der Waals surface area contributed by atoms with E-state index in [1.165, 1.54) is 17.0 Å². The number of rotatable bonds is 3. The van der Waals surface area contributed by atoms with Gasteiger partial charge in [0.2, 0.25) is 0 Å². The molecule has 0 aliphatic heterocycles. The van der Waals surface area contributed by atoms with Crippen LogP contribution in [0.2, 0.25) is 0 Å². The molecule has 1 aromatic heterocycles. The average molecular weight is 293 g/mol. The minimum Gasteiger partial charge on any atom is -0.319 e. The molecule has 17 heavy (non-hydrogen) atoms. The van der Waals surface area contributed by atoms with Crippen molar-refractivity contribution in [2.24, 2.45) is 0 Å². The molecule has 3 heteroatoms. The zero-order valence-electron chi connectivity index (χ0n) is 10.4. The highest BCUT2D eigenvalue weighted by atomic mass is 79.9. The van der Waals surface area contributed by atoms with Crippen LogP contribution in [0.15, 0.2) is 40.9 Å². The average Bonchev–Trinajstić information content (AvgIpc) is 2.61. The largest absolute Gasteiger partial charge is 0.319 e. The van der Waals surface area contributed by atoms with E-state index < -0.39 is 0 Å². The lowest BCUT2D eigenvalue weighted by Gasteiger charge is -2.20. The smallest absolute Gasteiger partial charge is 0.0646 e. The summed E-state index contributed by atoms with van der Waals surface area (Å²) in [4.78, 5) is 0. The Labute approximate surface area is 111 Å². The third kappa shape index (κ3) is 2.72. The highest BCUT2D eigenvalue weighted by Crippen LogP contribution is 2.19. The van der Waals surface area contributed by atoms with Crippen LogP contribution in [0.4, 0.5) is 0 Å². The van der Waals surface area contributed by atoms with Crippen LogP contribution in [-0.4, -0.2) is 4.68 Å². The van der Waals surface area contributed by atoms with Gasteiger partial charge >= 0.3 is 0 Å². The van der Waals surface area contributed by atoms with Crippen LogP contribution in [0.3, 0.4) is 0 Å². The van der Waals surface area contributed by atoms with Crippen molar-refractivity contribution in [2.75, 3.05) is 5.43 Å². The van der Waals surface area contributed by atoms with Crippen LogP contribution in [0.5, 0.6) is 0 Å². The van der Waals surface area contributed by atoms with Crippen molar-refractivity contribution in [2.45, 2.75) is 26.8 Å². The van der Waals surface area contributed by atoms with E-state index in [4.69, 9.17) is 0 Å². The Bertz CT molecular complexity index is 497. The monoisotopic (exact) mass is 292 g/mol. The van der Waals surface area contributed by atoms with Gasteiger partial charge in [-0.15, -0.1) is 0 Å². The van der Waals surface area contributed by atoms with Crippen molar-refractivity contribution < 1.29 is 0 Å². The molecule has 1 N–H and O–H groups in total. The molecule has 2 rings (SSSR count). The molecule has 1 aromatic carbocycles. The second kappa shape index (κ2) is 4.96. The second-order valence-electron chi connectivity index (χ2n) is 4.36. The number of nitrogens with one attached hydrogen (secondary N) is 1. The first-order chi connectivity index (χ1) is 8.08. The van der Waals surface area contributed by atoms with Crippen molar-refractivity contribution in [1.82, 2.24) is 4.68 Å². The maximum Gasteiger partial charge on any atom is 0.0646 e. The molecular formula is C14H17BrN2. The lowest BCUT2D eigenvalue weighted by atomic mass is 10.1. The molecule has 90 valence electrons. The van der Waals surface area contributed by atoms with Crippen LogP contribution in [0.1, 0.15) is 29.9 Å². The van der Waals surface area contributed by atoms with E-state index in [-0.39, 0.29) is 6.04 Å². The summed E-state index contributed by atoms with van der Waals surface area (Å²) < 4.78 is 3.25. The molecular weight excluding hydrogens is 276 g/mol. The zero-order chi connectivity index (χ0) is 12.4. The second-order valence-corrected chi connectivity index (χ2v) is 5.27. The Hall–Kier alpha value is -1.22. The Morgan fingerprint density at radius 2 is 1.76 bits per heavy atom. The number of aryl methyl sites for hydroxylation is 2. The quantitative estimate of drug-likeness (QED) is 0.898. The Balaban J connectivity index is 2.20. The molecule has 0 spiro atoms. The van der Waals surface area contributed by atoms with E-state index in [2.05, 4.69) is 77.1 Å². The number of benzene rings is 1. The normalized spacial score (nSPS) is 12.5. The topological polar surface area (TPSA) is 17.0 Å². The third-order valence-corrected chi connectivity index (χ3v) is 3.44. The molecule has 0 saturated carbocycles. The van der Waals surface area contributed by atoms with Gasteiger partial charge in [-0.05, 0) is 50.6 Å². The molecule has 0 fully saturated rings. The van der Waals surface area contributed by atoms with Crippen LogP contribution >= 0.6 is 15.9 Å². The lowest BCUT2D eigenvalue weighted by Crippen LogP contribution is -2.20. The first-order valence-corrected chi connectivity index (χ1v) is 6.54. The highest BCUT2D eigenvalue weighted by Gasteiger charge is 2.07. The van der Waals surface area contributed by atoms with Gasteiger partial charge in [-0.2, -0.15) is 0 Å². The van der Waals surface area contributed by atoms with Gasteiger partial charge in [-0.25, -0.2) is 0 Å². The predicted octanol–water partition coefficient (Wildman–Crippen LogP) is 4.17. The van der Waals surface area contributed by atoms with Crippen molar-refractivity contribution in [3.8, 4) is 0 Å². The van der Waals surface area contributed by atoms with E-state index in [1.807, 2.05) is 6.07 Å². The van der Waals surface area contributed by atoms with Gasteiger partial charge in [-0.1, -0.05) is 28.1 Å². The van der Waals surface area contributed by atoms with E-state index >= 15 is 0 Å². The molecule has 1 atom stereocenters. The SMILES string of the molecule is Cc1ccc(C)n1NC(C)c1cccc(Br)c1. The first-order valence-electron chi connectivity index (χ1n) is 5.75. The predicted molar refractivity (Wildman–Crippen MR) is 75.8 cm³/mol. The van der Waals surface area contributed by atoms with Gasteiger partial charge in [0, 0.05) is 15.9 Å². The molecule has 0 aliphatic rings. The Morgan fingerprint density at radius 1 is 1.12 bits per heavy atom. The highest BCUT2D eigenvalue weighted by molar-refractivity contribution is 9.10. The fraction of sp³-hybridized carbons (Fsp3) is 0.286. The van der Waals surface area contributed by atoms with E-state index in [9.17, 15) is 0 Å². The van der Waals surface area contributed by atoms with Crippen LogP contribution in [0, 0.1) is 13.8 Å². The number of aromatic nitrogens is 1. The summed E-state index contributed by atoms with van der Waals surface area (Å²) in [5.74, 6) is 0. The van der Waals surface area contributed by atoms with Gasteiger partial charge in [0.15, 0.2) is 0 Å². The van der Waals surface area contributed by atoms with Crippen molar-refractivity contribution in [3.05, 3.63) is 57.8 Å². The Kier molecular flexibility index (Phi) is 3.57.